The first-order valence-corrected chi connectivity index (χ1v) is 5.53. The van der Waals surface area contributed by atoms with Crippen molar-refractivity contribution >= 4 is 11.9 Å². The molecule has 0 aliphatic carbocycles. The summed E-state index contributed by atoms with van der Waals surface area (Å²) in [7, 11) is 0. The van der Waals surface area contributed by atoms with Crippen LogP contribution >= 0.6 is 0 Å². The number of carbonyl (C=O) groups is 2. The molecule has 0 aliphatic rings. The summed E-state index contributed by atoms with van der Waals surface area (Å²) >= 11 is 0. The van der Waals surface area contributed by atoms with Crippen molar-refractivity contribution in [2.45, 2.75) is 19.8 Å². The van der Waals surface area contributed by atoms with Crippen LogP contribution in [0.15, 0.2) is 62.3 Å². The van der Waals surface area contributed by atoms with Gasteiger partial charge in [-0.3, -0.25) is 0 Å². The van der Waals surface area contributed by atoms with Gasteiger partial charge in [0.1, 0.15) is 0 Å². The summed E-state index contributed by atoms with van der Waals surface area (Å²) in [6, 6.07) is 0. The van der Waals surface area contributed by atoms with Gasteiger partial charge in [-0.05, 0) is 19.8 Å². The third kappa shape index (κ3) is 49.9. The van der Waals surface area contributed by atoms with Gasteiger partial charge in [-0.25, -0.2) is 9.59 Å². The summed E-state index contributed by atoms with van der Waals surface area (Å²) in [6.45, 7) is 12.4. The molecule has 0 saturated heterocycles. The van der Waals surface area contributed by atoms with Gasteiger partial charge in [0.2, 0.25) is 0 Å². The molecule has 106 valence electrons. The van der Waals surface area contributed by atoms with Crippen LogP contribution in [0.2, 0.25) is 0 Å². The zero-order valence-electron chi connectivity index (χ0n) is 11.3. The van der Waals surface area contributed by atoms with Gasteiger partial charge in [-0.2, -0.15) is 0 Å². The van der Waals surface area contributed by atoms with Crippen molar-refractivity contribution in [3.63, 3.8) is 0 Å². The molecule has 4 heteroatoms. The van der Waals surface area contributed by atoms with E-state index in [-0.39, 0.29) is 0 Å². The van der Waals surface area contributed by atoms with Crippen LogP contribution in [0.1, 0.15) is 19.8 Å². The van der Waals surface area contributed by atoms with E-state index in [1.165, 1.54) is 0 Å². The molecule has 0 amide bonds. The second kappa shape index (κ2) is 21.0. The molecule has 2 N–H and O–H groups in total. The number of carboxylic acid groups (broad SMARTS) is 2. The Morgan fingerprint density at radius 2 is 1.16 bits per heavy atom. The van der Waals surface area contributed by atoms with E-state index in [0.29, 0.717) is 12.2 Å². The summed E-state index contributed by atoms with van der Waals surface area (Å²) in [5.41, 5.74) is 0. The van der Waals surface area contributed by atoms with Crippen LogP contribution in [0.25, 0.3) is 0 Å². The summed E-state index contributed by atoms with van der Waals surface area (Å²) < 4.78 is 0. The van der Waals surface area contributed by atoms with E-state index in [4.69, 9.17) is 10.2 Å². The molecule has 0 heterocycles. The van der Waals surface area contributed by atoms with Crippen LogP contribution < -0.4 is 0 Å². The molecule has 0 radical (unpaired) electrons. The van der Waals surface area contributed by atoms with E-state index < -0.39 is 11.9 Å². The normalized spacial score (nSPS) is 8.68. The lowest BCUT2D eigenvalue weighted by Gasteiger charge is -1.77. The predicted octanol–water partition coefficient (Wildman–Crippen LogP) is 3.60. The first-order chi connectivity index (χ1) is 8.95. The quantitative estimate of drug-likeness (QED) is 0.569. The van der Waals surface area contributed by atoms with Gasteiger partial charge in [0.05, 0.1) is 0 Å². The average Bonchev–Trinajstić information content (AvgIpc) is 2.34. The topological polar surface area (TPSA) is 74.6 Å². The predicted molar refractivity (Wildman–Crippen MR) is 79.1 cm³/mol. The number of carboxylic acids is 2. The van der Waals surface area contributed by atoms with Crippen molar-refractivity contribution < 1.29 is 19.8 Å². The van der Waals surface area contributed by atoms with Gasteiger partial charge in [0.25, 0.3) is 0 Å². The second-order valence-electron chi connectivity index (χ2n) is 2.94. The number of aliphatic carboxylic acids is 2. The Hall–Kier alpha value is -2.36. The van der Waals surface area contributed by atoms with E-state index in [0.717, 1.165) is 12.8 Å². The highest BCUT2D eigenvalue weighted by molar-refractivity contribution is 5.89. The zero-order chi connectivity index (χ0) is 15.5. The molecule has 19 heavy (non-hydrogen) atoms. The van der Waals surface area contributed by atoms with Gasteiger partial charge in [0.15, 0.2) is 0 Å². The maximum atomic E-state index is 9.55. The Kier molecular flexibility index (Phi) is 24.2. The fourth-order valence-corrected chi connectivity index (χ4v) is 0.527. The molecule has 0 saturated carbocycles. The summed E-state index contributed by atoms with van der Waals surface area (Å²) in [4.78, 5) is 19.1. The van der Waals surface area contributed by atoms with E-state index in [1.807, 2.05) is 19.1 Å². The molecule has 0 aliphatic heterocycles. The van der Waals surface area contributed by atoms with Crippen LogP contribution in [0.5, 0.6) is 0 Å². The monoisotopic (exact) mass is 266 g/mol. The molecule has 0 aromatic rings. The van der Waals surface area contributed by atoms with Crippen molar-refractivity contribution in [1.29, 1.82) is 0 Å². The Balaban J connectivity index is -0.000000224. The highest BCUT2D eigenvalue weighted by Gasteiger charge is 1.88. The van der Waals surface area contributed by atoms with Crippen molar-refractivity contribution in [2.75, 3.05) is 0 Å². The lowest BCUT2D eigenvalue weighted by Crippen LogP contribution is -1.91. The molecule has 0 atom stereocenters. The first-order valence-electron chi connectivity index (χ1n) is 5.53. The Labute approximate surface area is 114 Å². The van der Waals surface area contributed by atoms with Crippen LogP contribution in [-0.2, 0) is 9.59 Å². The van der Waals surface area contributed by atoms with Crippen LogP contribution in [-0.4, -0.2) is 22.2 Å². The lowest BCUT2D eigenvalue weighted by atomic mass is 10.3. The number of allylic oxidation sites excluding steroid dienone is 5. The van der Waals surface area contributed by atoms with E-state index in [2.05, 4.69) is 31.9 Å². The summed E-state index contributed by atoms with van der Waals surface area (Å²) in [5.74, 6) is -2.51. The first kappa shape index (κ1) is 21.9. The molecule has 0 aromatic carbocycles. The molecular formula is C15H22O4. The molecule has 0 bridgehead atoms. The van der Waals surface area contributed by atoms with E-state index in [9.17, 15) is 9.59 Å². The molecular weight excluding hydrogens is 244 g/mol. The van der Waals surface area contributed by atoms with Crippen molar-refractivity contribution in [1.82, 2.24) is 0 Å². The van der Waals surface area contributed by atoms with Gasteiger partial charge in [0, 0.05) is 12.2 Å². The fourth-order valence-electron chi connectivity index (χ4n) is 0.527. The molecule has 4 nitrogen and oxygen atoms in total. The molecule has 0 unspecified atom stereocenters. The summed E-state index contributed by atoms with van der Waals surface area (Å²) in [5, 5.41) is 15.6. The van der Waals surface area contributed by atoms with Crippen LogP contribution in [0.3, 0.4) is 0 Å². The maximum absolute atomic E-state index is 9.55. The number of hydrogen-bond donors (Lipinski definition) is 2. The molecule has 0 spiro atoms. The SMILES string of the molecule is C=CC.C=CC/C=C/CC=C.O=C(O)/C=C/C(=O)O. The minimum absolute atomic E-state index is 0.558. The maximum Gasteiger partial charge on any atom is 0.328 e. The Morgan fingerprint density at radius 1 is 0.895 bits per heavy atom. The largest absolute Gasteiger partial charge is 0.478 e. The number of rotatable bonds is 6. The molecule has 0 rings (SSSR count). The highest BCUT2D eigenvalue weighted by atomic mass is 16.4. The Morgan fingerprint density at radius 3 is 1.32 bits per heavy atom. The third-order valence-electron chi connectivity index (χ3n) is 1.14. The molecule has 0 aromatic heterocycles. The smallest absolute Gasteiger partial charge is 0.328 e. The average molecular weight is 266 g/mol. The van der Waals surface area contributed by atoms with Crippen molar-refractivity contribution in [2.24, 2.45) is 0 Å². The minimum Gasteiger partial charge on any atom is -0.478 e. The van der Waals surface area contributed by atoms with Gasteiger partial charge in [-0.1, -0.05) is 30.4 Å². The minimum atomic E-state index is -1.26. The van der Waals surface area contributed by atoms with Gasteiger partial charge >= 0.3 is 11.9 Å². The van der Waals surface area contributed by atoms with E-state index >= 15 is 0 Å². The summed E-state index contributed by atoms with van der Waals surface area (Å²) in [6.07, 6.45) is 12.7. The van der Waals surface area contributed by atoms with Gasteiger partial charge < -0.3 is 10.2 Å². The third-order valence-corrected chi connectivity index (χ3v) is 1.14. The second-order valence-corrected chi connectivity index (χ2v) is 2.94. The van der Waals surface area contributed by atoms with Crippen molar-refractivity contribution in [3.8, 4) is 0 Å². The van der Waals surface area contributed by atoms with Crippen LogP contribution in [0, 0.1) is 0 Å². The van der Waals surface area contributed by atoms with E-state index in [1.54, 1.807) is 6.08 Å². The van der Waals surface area contributed by atoms with Crippen LogP contribution in [0.4, 0.5) is 0 Å². The standard InChI is InChI=1S/C8H12.C4H4O4.C3H6/c1-3-5-7-8-6-4-2;5-3(6)1-2-4(7)8;1-3-2/h3-4,7-8H,1-2,5-6H2;1-2H,(H,5,6)(H,7,8);3H,1H2,2H3/b8-7+;2-1+;. The zero-order valence-corrected chi connectivity index (χ0v) is 11.3. The van der Waals surface area contributed by atoms with Crippen molar-refractivity contribution in [3.05, 3.63) is 62.3 Å². The highest BCUT2D eigenvalue weighted by Crippen LogP contribution is 1.86. The Bertz CT molecular complexity index is 297. The molecule has 0 fully saturated rings. The van der Waals surface area contributed by atoms with Gasteiger partial charge in [-0.15, -0.1) is 19.7 Å². The fraction of sp³-hybridized carbons (Fsp3) is 0.200. The lowest BCUT2D eigenvalue weighted by molar-refractivity contribution is -0.134. The number of hydrogen-bond acceptors (Lipinski definition) is 2.